The monoisotopic (exact) mass is 501 g/mol. The van der Waals surface area contributed by atoms with Crippen molar-refractivity contribution in [3.05, 3.63) is 56.9 Å². The van der Waals surface area contributed by atoms with Crippen LogP contribution >= 0.6 is 15.9 Å². The second kappa shape index (κ2) is 9.10. The summed E-state index contributed by atoms with van der Waals surface area (Å²) in [5.41, 5.74) is 1.56. The topological polar surface area (TPSA) is 84.2 Å². The van der Waals surface area contributed by atoms with Crippen LogP contribution in [0.15, 0.2) is 45.8 Å². The lowest BCUT2D eigenvalue weighted by Gasteiger charge is -2.62. The summed E-state index contributed by atoms with van der Waals surface area (Å²) >= 11 is 3.42. The Labute approximate surface area is 197 Å². The minimum absolute atomic E-state index is 0.0998. The molecule has 2 N–H and O–H groups in total. The number of rotatable bonds is 8. The zero-order chi connectivity index (χ0) is 23.0. The summed E-state index contributed by atoms with van der Waals surface area (Å²) in [6.45, 7) is 6.93. The molecule has 7 heteroatoms. The van der Waals surface area contributed by atoms with Gasteiger partial charge in [-0.05, 0) is 63.9 Å². The van der Waals surface area contributed by atoms with E-state index in [2.05, 4.69) is 47.1 Å². The number of Topliss-reactive ketones (excluding diaryl/α,β-unsaturated/α-hetero) is 1. The van der Waals surface area contributed by atoms with E-state index >= 15 is 0 Å². The second-order valence-corrected chi connectivity index (χ2v) is 10.8. The van der Waals surface area contributed by atoms with Gasteiger partial charge in [0.2, 0.25) is 0 Å². The number of aliphatic hydroxyl groups is 1. The first-order chi connectivity index (χ1) is 15.2. The number of halogens is 1. The van der Waals surface area contributed by atoms with E-state index in [1.807, 2.05) is 30.3 Å². The number of benzene rings is 1. The van der Waals surface area contributed by atoms with Crippen molar-refractivity contribution in [1.82, 2.24) is 9.78 Å². The van der Waals surface area contributed by atoms with Gasteiger partial charge in [-0.1, -0.05) is 51.1 Å². The first-order valence-electron chi connectivity index (χ1n) is 11.4. The van der Waals surface area contributed by atoms with Gasteiger partial charge in [0.15, 0.2) is 5.78 Å². The molecule has 0 aliphatic heterocycles. The van der Waals surface area contributed by atoms with Crippen molar-refractivity contribution >= 4 is 27.4 Å². The van der Waals surface area contributed by atoms with Gasteiger partial charge in [-0.2, -0.15) is 5.10 Å². The van der Waals surface area contributed by atoms with E-state index in [-0.39, 0.29) is 24.3 Å². The minimum Gasteiger partial charge on any atom is -0.388 e. The summed E-state index contributed by atoms with van der Waals surface area (Å²) in [7, 11) is 0. The fourth-order valence-electron chi connectivity index (χ4n) is 5.60. The maximum absolute atomic E-state index is 12.8. The third-order valence-corrected chi connectivity index (χ3v) is 8.65. The molecule has 3 saturated carbocycles. The Bertz CT molecular complexity index is 1040. The van der Waals surface area contributed by atoms with Crippen molar-refractivity contribution in [2.45, 2.75) is 65.1 Å². The zero-order valence-corrected chi connectivity index (χ0v) is 20.5. The van der Waals surface area contributed by atoms with Gasteiger partial charge < -0.3 is 10.4 Å². The van der Waals surface area contributed by atoms with Crippen LogP contribution in [0, 0.1) is 23.2 Å². The summed E-state index contributed by atoms with van der Waals surface area (Å²) in [4.78, 5) is 25.2. The Hall–Kier alpha value is -1.99. The Balaban J connectivity index is 1.36. The van der Waals surface area contributed by atoms with Gasteiger partial charge in [-0.15, -0.1) is 0 Å². The number of hydrogen-bond donors (Lipinski definition) is 2. The third-order valence-electron chi connectivity index (χ3n) is 7.89. The van der Waals surface area contributed by atoms with Gasteiger partial charge >= 0.3 is 0 Å². The summed E-state index contributed by atoms with van der Waals surface area (Å²) in [6, 6.07) is 9.59. The number of anilines is 1. The molecule has 0 amide bonds. The number of aliphatic hydroxyl groups excluding tert-OH is 1. The van der Waals surface area contributed by atoms with Crippen molar-refractivity contribution in [3.63, 3.8) is 0 Å². The van der Waals surface area contributed by atoms with E-state index in [0.717, 1.165) is 17.9 Å². The molecule has 5 rings (SSSR count). The van der Waals surface area contributed by atoms with Crippen molar-refractivity contribution in [3.8, 4) is 0 Å². The van der Waals surface area contributed by atoms with Gasteiger partial charge in [-0.3, -0.25) is 9.59 Å². The molecule has 5 atom stereocenters. The van der Waals surface area contributed by atoms with Crippen LogP contribution in [0.1, 0.15) is 58.1 Å². The molecule has 1 aromatic heterocycles. The predicted molar refractivity (Wildman–Crippen MR) is 128 cm³/mol. The first kappa shape index (κ1) is 23.2. The Kier molecular flexibility index (Phi) is 6.59. The van der Waals surface area contributed by atoms with Crippen LogP contribution in [-0.4, -0.2) is 26.7 Å². The summed E-state index contributed by atoms with van der Waals surface area (Å²) < 4.78 is 1.60. The lowest BCUT2D eigenvalue weighted by atomic mass is 9.45. The molecule has 2 bridgehead atoms. The van der Waals surface area contributed by atoms with Crippen LogP contribution in [-0.2, 0) is 11.3 Å². The second-order valence-electron chi connectivity index (χ2n) is 10.0. The van der Waals surface area contributed by atoms with Gasteiger partial charge in [0.1, 0.15) is 11.0 Å². The molecule has 1 heterocycles. The van der Waals surface area contributed by atoms with Crippen LogP contribution in [0.4, 0.5) is 5.69 Å². The maximum Gasteiger partial charge on any atom is 0.283 e. The lowest BCUT2D eigenvalue weighted by molar-refractivity contribution is -0.120. The molecule has 172 valence electrons. The first-order valence-corrected chi connectivity index (χ1v) is 12.2. The van der Waals surface area contributed by atoms with Gasteiger partial charge in [0.25, 0.3) is 5.56 Å². The molecular formula is C25H32BrN3O3. The molecule has 1 unspecified atom stereocenters. The number of carbonyl (C=O) groups is 1. The van der Waals surface area contributed by atoms with E-state index in [9.17, 15) is 14.7 Å². The van der Waals surface area contributed by atoms with Crippen molar-refractivity contribution in [2.24, 2.45) is 23.2 Å². The standard InChI is InChI=1S/C25H32BrN3O3/c1-15-19-11-17(25(19,2)3)12-20(15)28-21-13-27-29(24(32)23(21)26)14-18(30)9-10-22(31)16-7-5-4-6-8-16/h4-8,13,15,17,19-20,22,28,31H,9-12,14H2,1-3H3/t15-,17-,19+,20-,22?/m1/s1. The Morgan fingerprint density at radius 3 is 2.69 bits per heavy atom. The zero-order valence-electron chi connectivity index (χ0n) is 18.9. The van der Waals surface area contributed by atoms with Crippen molar-refractivity contribution in [2.75, 3.05) is 5.32 Å². The fourth-order valence-corrected chi connectivity index (χ4v) is 6.03. The van der Waals surface area contributed by atoms with Crippen molar-refractivity contribution in [1.29, 1.82) is 0 Å². The minimum atomic E-state index is -0.697. The van der Waals surface area contributed by atoms with E-state index in [4.69, 9.17) is 0 Å². The Morgan fingerprint density at radius 1 is 1.31 bits per heavy atom. The number of nitrogens with one attached hydrogen (secondary N) is 1. The van der Waals surface area contributed by atoms with Crippen LogP contribution in [0.25, 0.3) is 0 Å². The smallest absolute Gasteiger partial charge is 0.283 e. The maximum atomic E-state index is 12.8. The molecule has 1 aromatic carbocycles. The van der Waals surface area contributed by atoms with E-state index in [1.165, 1.54) is 11.1 Å². The number of hydrogen-bond acceptors (Lipinski definition) is 5. The highest BCUT2D eigenvalue weighted by Gasteiger charge is 2.56. The highest BCUT2D eigenvalue weighted by molar-refractivity contribution is 9.10. The van der Waals surface area contributed by atoms with Crippen LogP contribution in [0.2, 0.25) is 0 Å². The van der Waals surface area contributed by atoms with Gasteiger partial charge in [0, 0.05) is 12.5 Å². The molecule has 0 saturated heterocycles. The molecule has 0 radical (unpaired) electrons. The van der Waals surface area contributed by atoms with Crippen LogP contribution in [0.5, 0.6) is 0 Å². The molecule has 0 spiro atoms. The molecular weight excluding hydrogens is 470 g/mol. The quantitative estimate of drug-likeness (QED) is 0.553. The summed E-state index contributed by atoms with van der Waals surface area (Å²) in [5.74, 6) is 1.82. The average molecular weight is 502 g/mol. The van der Waals surface area contributed by atoms with Gasteiger partial charge in [0.05, 0.1) is 18.0 Å². The van der Waals surface area contributed by atoms with Crippen LogP contribution in [0.3, 0.4) is 0 Å². The lowest BCUT2D eigenvalue weighted by Crippen LogP contribution is -2.58. The number of carbonyl (C=O) groups excluding carboxylic acids is 1. The molecule has 3 aliphatic rings. The molecule has 6 nitrogen and oxygen atoms in total. The van der Waals surface area contributed by atoms with E-state index < -0.39 is 6.10 Å². The third kappa shape index (κ3) is 4.42. The highest BCUT2D eigenvalue weighted by atomic mass is 79.9. The SMILES string of the molecule is C[C@H]1[C@H](Nc2cnn(CC(=O)CCC(O)c3ccccc3)c(=O)c2Br)C[C@H]2C[C@@H]1C2(C)C. The number of fused-ring (bicyclic) bond motifs is 2. The Morgan fingerprint density at radius 2 is 2.03 bits per heavy atom. The molecule has 32 heavy (non-hydrogen) atoms. The number of aromatic nitrogens is 2. The number of ketones is 1. The molecule has 2 aromatic rings. The highest BCUT2D eigenvalue weighted by Crippen LogP contribution is 2.61. The predicted octanol–water partition coefficient (Wildman–Crippen LogP) is 4.57. The molecule has 3 aliphatic carbocycles. The van der Waals surface area contributed by atoms with Crippen molar-refractivity contribution < 1.29 is 9.90 Å². The average Bonchev–Trinajstić information content (AvgIpc) is 2.78. The van der Waals surface area contributed by atoms with E-state index in [1.54, 1.807) is 6.20 Å². The van der Waals surface area contributed by atoms with E-state index in [0.29, 0.717) is 39.9 Å². The van der Waals surface area contributed by atoms with Gasteiger partial charge in [-0.25, -0.2) is 4.68 Å². The van der Waals surface area contributed by atoms with Crippen LogP contribution < -0.4 is 10.9 Å². The number of nitrogens with zero attached hydrogens (tertiary/aromatic N) is 2. The molecule has 3 fully saturated rings. The largest absolute Gasteiger partial charge is 0.388 e. The normalized spacial score (nSPS) is 26.8. The fraction of sp³-hybridized carbons (Fsp3) is 0.560. The summed E-state index contributed by atoms with van der Waals surface area (Å²) in [6.07, 6.45) is 3.83. The summed E-state index contributed by atoms with van der Waals surface area (Å²) in [5, 5.41) is 18.0.